The first-order chi connectivity index (χ1) is 9.13. The summed E-state index contributed by atoms with van der Waals surface area (Å²) in [5.74, 6) is -1.10. The van der Waals surface area contributed by atoms with Crippen molar-refractivity contribution in [1.29, 1.82) is 0 Å². The van der Waals surface area contributed by atoms with Gasteiger partial charge in [-0.2, -0.15) is 0 Å². The zero-order valence-electron chi connectivity index (χ0n) is 10.5. The standard InChI is InChI=1S/C10H16N4O4S/c1-18-5-3-11-8(15)2-4-14-7-12-13-10(14)19-6-9(16)17/h7H,2-6H2,1H3,(H,11,15)(H,16,17). The predicted molar refractivity (Wildman–Crippen MR) is 67.9 cm³/mol. The Morgan fingerprint density at radius 1 is 1.58 bits per heavy atom. The third-order valence-corrected chi connectivity index (χ3v) is 3.08. The molecule has 0 unspecified atom stereocenters. The number of hydrogen-bond donors (Lipinski definition) is 2. The molecule has 1 aromatic heterocycles. The average molecular weight is 288 g/mol. The van der Waals surface area contributed by atoms with E-state index >= 15 is 0 Å². The minimum Gasteiger partial charge on any atom is -0.481 e. The predicted octanol–water partition coefficient (Wildman–Crippen LogP) is -0.392. The molecule has 19 heavy (non-hydrogen) atoms. The largest absolute Gasteiger partial charge is 0.481 e. The Balaban J connectivity index is 2.34. The van der Waals surface area contributed by atoms with Crippen LogP contribution < -0.4 is 5.32 Å². The van der Waals surface area contributed by atoms with Crippen molar-refractivity contribution >= 4 is 23.6 Å². The molecule has 0 aliphatic heterocycles. The van der Waals surface area contributed by atoms with Crippen molar-refractivity contribution in [3.05, 3.63) is 6.33 Å². The van der Waals surface area contributed by atoms with Gasteiger partial charge in [0.2, 0.25) is 5.91 Å². The number of aryl methyl sites for hydroxylation is 1. The van der Waals surface area contributed by atoms with E-state index in [1.165, 1.54) is 6.33 Å². The molecule has 0 aliphatic rings. The third kappa shape index (κ3) is 6.20. The molecule has 0 bridgehead atoms. The van der Waals surface area contributed by atoms with Gasteiger partial charge < -0.3 is 19.7 Å². The Hall–Kier alpha value is -1.61. The second kappa shape index (κ2) is 8.48. The van der Waals surface area contributed by atoms with E-state index in [1.54, 1.807) is 11.7 Å². The summed E-state index contributed by atoms with van der Waals surface area (Å²) in [5.41, 5.74) is 0. The maximum absolute atomic E-state index is 11.5. The number of amides is 1. The summed E-state index contributed by atoms with van der Waals surface area (Å²) in [6.07, 6.45) is 1.76. The smallest absolute Gasteiger partial charge is 0.313 e. The average Bonchev–Trinajstić information content (AvgIpc) is 2.81. The Morgan fingerprint density at radius 2 is 2.37 bits per heavy atom. The summed E-state index contributed by atoms with van der Waals surface area (Å²) in [6.45, 7) is 1.35. The second-order valence-electron chi connectivity index (χ2n) is 3.58. The maximum Gasteiger partial charge on any atom is 0.313 e. The lowest BCUT2D eigenvalue weighted by Gasteiger charge is -2.06. The molecule has 0 aliphatic carbocycles. The summed E-state index contributed by atoms with van der Waals surface area (Å²) in [4.78, 5) is 21.9. The number of nitrogens with one attached hydrogen (secondary N) is 1. The Morgan fingerprint density at radius 3 is 3.05 bits per heavy atom. The summed E-state index contributed by atoms with van der Waals surface area (Å²) < 4.78 is 6.47. The Labute approximate surface area is 114 Å². The van der Waals surface area contributed by atoms with Gasteiger partial charge in [0, 0.05) is 26.6 Å². The molecule has 0 spiro atoms. The first kappa shape index (κ1) is 15.4. The van der Waals surface area contributed by atoms with Crippen LogP contribution in [-0.4, -0.2) is 57.8 Å². The number of carbonyl (C=O) groups is 2. The van der Waals surface area contributed by atoms with Gasteiger partial charge in [0.05, 0.1) is 12.4 Å². The second-order valence-corrected chi connectivity index (χ2v) is 4.52. The van der Waals surface area contributed by atoms with Crippen LogP contribution in [-0.2, 0) is 20.9 Å². The van der Waals surface area contributed by atoms with Crippen LogP contribution in [0.5, 0.6) is 0 Å². The normalized spacial score (nSPS) is 10.4. The number of thioether (sulfide) groups is 1. The monoisotopic (exact) mass is 288 g/mol. The molecule has 2 N–H and O–H groups in total. The van der Waals surface area contributed by atoms with Crippen LogP contribution >= 0.6 is 11.8 Å². The summed E-state index contributed by atoms with van der Waals surface area (Å²) in [7, 11) is 1.56. The molecule has 0 saturated heterocycles. The fraction of sp³-hybridized carbons (Fsp3) is 0.600. The Kier molecular flexibility index (Phi) is 6.90. The number of carbonyl (C=O) groups excluding carboxylic acids is 1. The fourth-order valence-electron chi connectivity index (χ4n) is 1.24. The molecule has 0 atom stereocenters. The zero-order chi connectivity index (χ0) is 14.1. The number of ether oxygens (including phenoxy) is 1. The summed E-state index contributed by atoms with van der Waals surface area (Å²) in [5, 5.41) is 19.3. The van der Waals surface area contributed by atoms with Gasteiger partial charge in [-0.15, -0.1) is 10.2 Å². The van der Waals surface area contributed by atoms with Gasteiger partial charge in [0.15, 0.2) is 5.16 Å². The molecule has 8 nitrogen and oxygen atoms in total. The van der Waals surface area contributed by atoms with Crippen LogP contribution in [0.25, 0.3) is 0 Å². The minimum atomic E-state index is -0.920. The van der Waals surface area contributed by atoms with E-state index in [1.807, 2.05) is 0 Å². The lowest BCUT2D eigenvalue weighted by Crippen LogP contribution is -2.27. The maximum atomic E-state index is 11.5. The quantitative estimate of drug-likeness (QED) is 0.470. The molecule has 106 valence electrons. The van der Waals surface area contributed by atoms with Crippen LogP contribution in [0.15, 0.2) is 11.5 Å². The summed E-state index contributed by atoms with van der Waals surface area (Å²) in [6, 6.07) is 0. The van der Waals surface area contributed by atoms with Crippen molar-refractivity contribution in [2.75, 3.05) is 26.0 Å². The molecule has 1 aromatic rings. The van der Waals surface area contributed by atoms with Gasteiger partial charge in [-0.05, 0) is 0 Å². The SMILES string of the molecule is COCCNC(=O)CCn1cnnc1SCC(=O)O. The highest BCUT2D eigenvalue weighted by Crippen LogP contribution is 2.14. The first-order valence-corrected chi connectivity index (χ1v) is 6.60. The lowest BCUT2D eigenvalue weighted by atomic mass is 10.4. The molecular formula is C10H16N4O4S. The Bertz CT molecular complexity index is 423. The van der Waals surface area contributed by atoms with Crippen LogP contribution in [0, 0.1) is 0 Å². The third-order valence-electron chi connectivity index (χ3n) is 2.11. The van der Waals surface area contributed by atoms with E-state index in [2.05, 4.69) is 15.5 Å². The van der Waals surface area contributed by atoms with Crippen LogP contribution in [0.2, 0.25) is 0 Å². The van der Waals surface area contributed by atoms with Gasteiger partial charge >= 0.3 is 5.97 Å². The van der Waals surface area contributed by atoms with E-state index in [9.17, 15) is 9.59 Å². The fourth-order valence-corrected chi connectivity index (χ4v) is 1.90. The molecule has 9 heteroatoms. The molecule has 1 amide bonds. The topological polar surface area (TPSA) is 106 Å². The van der Waals surface area contributed by atoms with Crippen LogP contribution in [0.1, 0.15) is 6.42 Å². The van der Waals surface area contributed by atoms with Gasteiger partial charge in [0.1, 0.15) is 6.33 Å². The van der Waals surface area contributed by atoms with Gasteiger partial charge in [-0.3, -0.25) is 9.59 Å². The van der Waals surface area contributed by atoms with Crippen molar-refractivity contribution in [3.63, 3.8) is 0 Å². The number of carboxylic acid groups (broad SMARTS) is 1. The molecule has 0 saturated carbocycles. The van der Waals surface area contributed by atoms with E-state index in [0.29, 0.717) is 24.9 Å². The van der Waals surface area contributed by atoms with Crippen molar-refractivity contribution in [2.45, 2.75) is 18.1 Å². The molecule has 0 fully saturated rings. The number of nitrogens with zero attached hydrogens (tertiary/aromatic N) is 3. The number of methoxy groups -OCH3 is 1. The zero-order valence-corrected chi connectivity index (χ0v) is 11.4. The van der Waals surface area contributed by atoms with Crippen LogP contribution in [0.3, 0.4) is 0 Å². The van der Waals surface area contributed by atoms with E-state index < -0.39 is 5.97 Å². The number of hydrogen-bond acceptors (Lipinski definition) is 6. The van der Waals surface area contributed by atoms with Crippen LogP contribution in [0.4, 0.5) is 0 Å². The highest BCUT2D eigenvalue weighted by molar-refractivity contribution is 7.99. The molecule has 0 aromatic carbocycles. The summed E-state index contributed by atoms with van der Waals surface area (Å²) >= 11 is 1.07. The van der Waals surface area contributed by atoms with E-state index in [0.717, 1.165) is 11.8 Å². The van der Waals surface area contributed by atoms with Gasteiger partial charge in [0.25, 0.3) is 0 Å². The highest BCUT2D eigenvalue weighted by Gasteiger charge is 2.09. The number of rotatable bonds is 9. The molecule has 1 heterocycles. The lowest BCUT2D eigenvalue weighted by molar-refractivity contribution is -0.134. The van der Waals surface area contributed by atoms with Crippen molar-refractivity contribution in [1.82, 2.24) is 20.1 Å². The molecule has 1 rings (SSSR count). The van der Waals surface area contributed by atoms with Crippen molar-refractivity contribution in [2.24, 2.45) is 0 Å². The first-order valence-electron chi connectivity index (χ1n) is 5.61. The number of aromatic nitrogens is 3. The van der Waals surface area contributed by atoms with Crippen molar-refractivity contribution in [3.8, 4) is 0 Å². The van der Waals surface area contributed by atoms with Gasteiger partial charge in [-0.1, -0.05) is 11.8 Å². The minimum absolute atomic E-state index is 0.0846. The molecular weight excluding hydrogens is 272 g/mol. The number of carboxylic acids is 1. The van der Waals surface area contributed by atoms with Gasteiger partial charge in [-0.25, -0.2) is 0 Å². The van der Waals surface area contributed by atoms with E-state index in [4.69, 9.17) is 9.84 Å². The van der Waals surface area contributed by atoms with E-state index in [-0.39, 0.29) is 18.1 Å². The highest BCUT2D eigenvalue weighted by atomic mass is 32.2. The van der Waals surface area contributed by atoms with Crippen molar-refractivity contribution < 1.29 is 19.4 Å². The molecule has 0 radical (unpaired) electrons. The number of aliphatic carboxylic acids is 1.